The van der Waals surface area contributed by atoms with E-state index in [1.54, 1.807) is 31.2 Å². The zero-order valence-corrected chi connectivity index (χ0v) is 31.3. The molecular weight excluding hydrogens is 637 g/mol. The Kier molecular flexibility index (Phi) is 13.7. The fourth-order valence-electron chi connectivity index (χ4n) is 5.78. The van der Waals surface area contributed by atoms with Gasteiger partial charge in [0.05, 0.1) is 23.1 Å². The summed E-state index contributed by atoms with van der Waals surface area (Å²) in [5.74, 6) is -0.823. The van der Waals surface area contributed by atoms with Crippen molar-refractivity contribution in [3.8, 4) is 0 Å². The molecule has 3 rings (SSSR count). The highest BCUT2D eigenvalue weighted by Gasteiger charge is 2.38. The Hall–Kier alpha value is -3.57. The Bertz CT molecular complexity index is 1600. The van der Waals surface area contributed by atoms with Crippen molar-refractivity contribution in [1.29, 1.82) is 0 Å². The van der Waals surface area contributed by atoms with E-state index < -0.39 is 51.1 Å². The third-order valence-electron chi connectivity index (χ3n) is 8.59. The summed E-state index contributed by atoms with van der Waals surface area (Å²) in [5.41, 5.74) is 1.62. The minimum absolute atomic E-state index is 0.0162. The predicted molar refractivity (Wildman–Crippen MR) is 196 cm³/mol. The topological polar surface area (TPSA) is 128 Å². The number of nitrogens with zero attached hydrogens (tertiary/aromatic N) is 1. The molecule has 3 aromatic carbocycles. The van der Waals surface area contributed by atoms with Crippen molar-refractivity contribution < 1.29 is 23.1 Å². The molecule has 4 N–H and O–H groups in total. The van der Waals surface area contributed by atoms with Crippen LogP contribution in [0.25, 0.3) is 0 Å². The number of aryl methyl sites for hydroxylation is 1. The SMILES string of the molecule is Cc1ccc(S(=O)(=O)N(CC(C)C)C[C@@H](O)[C@H](Cc2ccccc2)NC(=O)[C@@H](NC(=O)[C@@H](C)NC(C)(C)c2ccccc2)C(C)(C)C)cc1. The van der Waals surface area contributed by atoms with Gasteiger partial charge in [0.25, 0.3) is 0 Å². The van der Waals surface area contributed by atoms with Crippen LogP contribution in [0.15, 0.2) is 89.8 Å². The van der Waals surface area contributed by atoms with Crippen molar-refractivity contribution in [2.24, 2.45) is 11.3 Å². The fraction of sp³-hybridized carbons (Fsp3) is 0.487. The van der Waals surface area contributed by atoms with Gasteiger partial charge >= 0.3 is 0 Å². The summed E-state index contributed by atoms with van der Waals surface area (Å²) in [7, 11) is -3.95. The quantitative estimate of drug-likeness (QED) is 0.164. The van der Waals surface area contributed by atoms with Crippen LogP contribution in [0.4, 0.5) is 0 Å². The van der Waals surface area contributed by atoms with Gasteiger partial charge < -0.3 is 15.7 Å². The number of aliphatic hydroxyl groups excluding tert-OH is 1. The number of sulfonamides is 1. The van der Waals surface area contributed by atoms with Gasteiger partial charge in [-0.25, -0.2) is 8.42 Å². The molecule has 268 valence electrons. The van der Waals surface area contributed by atoms with Gasteiger partial charge in [0.15, 0.2) is 0 Å². The highest BCUT2D eigenvalue weighted by Crippen LogP contribution is 2.24. The summed E-state index contributed by atoms with van der Waals surface area (Å²) in [4.78, 5) is 27.8. The van der Waals surface area contributed by atoms with Crippen LogP contribution in [-0.2, 0) is 31.6 Å². The number of hydrogen-bond donors (Lipinski definition) is 4. The lowest BCUT2D eigenvalue weighted by atomic mass is 9.85. The summed E-state index contributed by atoms with van der Waals surface area (Å²) in [6, 6.07) is 23.4. The first kappa shape index (κ1) is 39.9. The van der Waals surface area contributed by atoms with Gasteiger partial charge in [0.1, 0.15) is 6.04 Å². The maximum absolute atomic E-state index is 14.1. The van der Waals surface area contributed by atoms with Gasteiger partial charge in [-0.05, 0) is 68.7 Å². The lowest BCUT2D eigenvalue weighted by Crippen LogP contribution is -2.61. The van der Waals surface area contributed by atoms with Gasteiger partial charge in [-0.3, -0.25) is 14.9 Å². The third-order valence-corrected chi connectivity index (χ3v) is 10.4. The highest BCUT2D eigenvalue weighted by atomic mass is 32.2. The van der Waals surface area contributed by atoms with E-state index in [9.17, 15) is 23.1 Å². The number of rotatable bonds is 16. The van der Waals surface area contributed by atoms with Crippen molar-refractivity contribution in [1.82, 2.24) is 20.3 Å². The number of carbonyl (C=O) groups is 2. The highest BCUT2D eigenvalue weighted by molar-refractivity contribution is 7.89. The van der Waals surface area contributed by atoms with Crippen molar-refractivity contribution in [2.45, 2.75) is 103 Å². The first-order valence-corrected chi connectivity index (χ1v) is 18.5. The van der Waals surface area contributed by atoms with Gasteiger partial charge in [-0.2, -0.15) is 4.31 Å². The lowest BCUT2D eigenvalue weighted by molar-refractivity contribution is -0.133. The maximum atomic E-state index is 14.1. The Morgan fingerprint density at radius 1 is 0.776 bits per heavy atom. The molecule has 0 radical (unpaired) electrons. The molecule has 9 nitrogen and oxygen atoms in total. The van der Waals surface area contributed by atoms with Gasteiger partial charge in [-0.15, -0.1) is 0 Å². The monoisotopic (exact) mass is 692 g/mol. The number of aliphatic hydroxyl groups is 1. The smallest absolute Gasteiger partial charge is 0.243 e. The van der Waals surface area contributed by atoms with Crippen LogP contribution in [0, 0.1) is 18.3 Å². The number of amides is 2. The number of carbonyl (C=O) groups excluding carboxylic acids is 2. The number of benzene rings is 3. The molecule has 10 heteroatoms. The molecule has 0 bridgehead atoms. The molecule has 0 heterocycles. The molecule has 0 aromatic heterocycles. The minimum Gasteiger partial charge on any atom is -0.390 e. The maximum Gasteiger partial charge on any atom is 0.243 e. The van der Waals surface area contributed by atoms with E-state index in [1.165, 1.54) is 4.31 Å². The molecule has 3 aromatic rings. The van der Waals surface area contributed by atoms with Gasteiger partial charge in [0, 0.05) is 18.6 Å². The van der Waals surface area contributed by atoms with Crippen LogP contribution in [0.5, 0.6) is 0 Å². The van der Waals surface area contributed by atoms with E-state index in [4.69, 9.17) is 0 Å². The second kappa shape index (κ2) is 16.9. The lowest BCUT2D eigenvalue weighted by Gasteiger charge is -2.36. The van der Waals surface area contributed by atoms with Crippen LogP contribution < -0.4 is 16.0 Å². The zero-order valence-electron chi connectivity index (χ0n) is 30.5. The predicted octanol–water partition coefficient (Wildman–Crippen LogP) is 5.17. The summed E-state index contributed by atoms with van der Waals surface area (Å²) < 4.78 is 28.9. The largest absolute Gasteiger partial charge is 0.390 e. The average Bonchev–Trinajstić information content (AvgIpc) is 3.02. The van der Waals surface area contributed by atoms with Crippen LogP contribution in [0.2, 0.25) is 0 Å². The summed E-state index contributed by atoms with van der Waals surface area (Å²) in [6.07, 6.45) is -1.01. The number of nitrogens with one attached hydrogen (secondary N) is 3. The Morgan fingerprint density at radius 2 is 1.33 bits per heavy atom. The van der Waals surface area contributed by atoms with E-state index in [1.807, 2.05) is 116 Å². The van der Waals surface area contributed by atoms with E-state index in [2.05, 4.69) is 16.0 Å². The fourth-order valence-corrected chi connectivity index (χ4v) is 7.40. The summed E-state index contributed by atoms with van der Waals surface area (Å²) >= 11 is 0. The van der Waals surface area contributed by atoms with E-state index in [-0.39, 0.29) is 36.2 Å². The van der Waals surface area contributed by atoms with Crippen LogP contribution in [0.1, 0.15) is 72.1 Å². The van der Waals surface area contributed by atoms with Gasteiger partial charge in [0.2, 0.25) is 21.8 Å². The minimum atomic E-state index is -3.95. The standard InChI is InChI=1S/C39H56N4O5S/c1-27(2)25-43(49(47,48)32-22-20-28(3)21-23-32)26-34(44)33(24-30-16-12-10-13-17-30)40-37(46)35(38(5,6)7)41-36(45)29(4)42-39(8,9)31-18-14-11-15-19-31/h10-23,27,29,33-35,42,44H,24-26H2,1-9H3,(H,40,46)(H,41,45)/t29-,33+,34-,35-/m1/s1. The Morgan fingerprint density at radius 3 is 1.86 bits per heavy atom. The Balaban J connectivity index is 1.86. The van der Waals surface area contributed by atoms with Gasteiger partial charge in [-0.1, -0.05) is 113 Å². The molecule has 0 aliphatic carbocycles. The normalized spacial score (nSPS) is 15.0. The summed E-state index contributed by atoms with van der Waals surface area (Å²) in [5, 5.41) is 21.1. The molecule has 0 saturated carbocycles. The first-order valence-electron chi connectivity index (χ1n) is 17.0. The molecule has 0 spiro atoms. The molecule has 0 saturated heterocycles. The van der Waals surface area contributed by atoms with Crippen molar-refractivity contribution in [3.63, 3.8) is 0 Å². The molecule has 2 amide bonds. The molecular formula is C39H56N4O5S. The molecule has 0 aliphatic heterocycles. The van der Waals surface area contributed by atoms with Crippen molar-refractivity contribution in [3.05, 3.63) is 102 Å². The zero-order chi connectivity index (χ0) is 36.6. The Labute approximate surface area is 293 Å². The second-order valence-electron chi connectivity index (χ2n) is 15.1. The average molecular weight is 693 g/mol. The van der Waals surface area contributed by atoms with E-state index >= 15 is 0 Å². The molecule has 49 heavy (non-hydrogen) atoms. The van der Waals surface area contributed by atoms with Crippen molar-refractivity contribution in [2.75, 3.05) is 13.1 Å². The number of hydrogen-bond acceptors (Lipinski definition) is 6. The van der Waals surface area contributed by atoms with Crippen LogP contribution in [0.3, 0.4) is 0 Å². The van der Waals surface area contributed by atoms with Crippen molar-refractivity contribution >= 4 is 21.8 Å². The summed E-state index contributed by atoms with van der Waals surface area (Å²) in [6.45, 7) is 17.0. The molecule has 0 unspecified atom stereocenters. The van der Waals surface area contributed by atoms with Crippen LogP contribution in [-0.4, -0.2) is 67.0 Å². The first-order chi connectivity index (χ1) is 22.8. The van der Waals surface area contributed by atoms with E-state index in [0.717, 1.165) is 16.7 Å². The molecule has 4 atom stereocenters. The molecule has 0 aliphatic rings. The molecule has 0 fully saturated rings. The third kappa shape index (κ3) is 11.5. The van der Waals surface area contributed by atoms with E-state index in [0.29, 0.717) is 0 Å². The second-order valence-corrected chi connectivity index (χ2v) is 17.0. The van der Waals surface area contributed by atoms with Crippen LogP contribution >= 0.6 is 0 Å².